The van der Waals surface area contributed by atoms with Gasteiger partial charge in [-0.25, -0.2) is 5.84 Å². The molecule has 70 valence electrons. The van der Waals surface area contributed by atoms with Crippen molar-refractivity contribution in [2.75, 3.05) is 0 Å². The van der Waals surface area contributed by atoms with Crippen molar-refractivity contribution in [3.05, 3.63) is 0 Å². The fourth-order valence-corrected chi connectivity index (χ4v) is 1.30. The van der Waals surface area contributed by atoms with Crippen molar-refractivity contribution < 1.29 is 4.79 Å². The van der Waals surface area contributed by atoms with Gasteiger partial charge in [0.15, 0.2) is 0 Å². The highest BCUT2D eigenvalue weighted by Gasteiger charge is 2.29. The zero-order valence-electron chi connectivity index (χ0n) is 8.48. The summed E-state index contributed by atoms with van der Waals surface area (Å²) < 4.78 is 0. The molecule has 0 fully saturated rings. The molecule has 3 N–H and O–H groups in total. The van der Waals surface area contributed by atoms with Crippen LogP contribution in [0.2, 0.25) is 11.1 Å². The van der Waals surface area contributed by atoms with E-state index in [1.165, 1.54) is 0 Å². The third-order valence-corrected chi connectivity index (χ3v) is 2.30. The molecule has 0 rings (SSSR count). The third-order valence-electron chi connectivity index (χ3n) is 2.30. The average Bonchev–Trinajstić information content (AvgIpc) is 2.02. The zero-order chi connectivity index (χ0) is 9.78. The lowest BCUT2D eigenvalue weighted by molar-refractivity contribution is -0.123. The van der Waals surface area contributed by atoms with Crippen LogP contribution in [0.25, 0.3) is 0 Å². The first kappa shape index (κ1) is 11.5. The molecule has 0 radical (unpaired) electrons. The molecule has 0 aromatic carbocycles. The molecule has 1 unspecified atom stereocenters. The van der Waals surface area contributed by atoms with Gasteiger partial charge in [-0.1, -0.05) is 39.9 Å². The molecule has 3 nitrogen and oxygen atoms in total. The van der Waals surface area contributed by atoms with Crippen LogP contribution < -0.4 is 11.3 Å². The van der Waals surface area contributed by atoms with Gasteiger partial charge in [-0.2, -0.15) is 0 Å². The Morgan fingerprint density at radius 2 is 2.17 bits per heavy atom. The number of hydrogen-bond acceptors (Lipinski definition) is 2. The molecule has 0 aromatic rings. The fraction of sp³-hybridized carbons (Fsp3) is 0.875. The zero-order valence-corrected chi connectivity index (χ0v) is 8.48. The Morgan fingerprint density at radius 1 is 1.67 bits per heavy atom. The van der Waals surface area contributed by atoms with Gasteiger partial charge in [0.2, 0.25) is 5.91 Å². The van der Waals surface area contributed by atoms with Crippen LogP contribution >= 0.6 is 0 Å². The number of amides is 1. The minimum atomic E-state index is -0.343. The van der Waals surface area contributed by atoms with Gasteiger partial charge in [0.1, 0.15) is 7.28 Å². The SMILES string of the molecule is CCC(C)BC(C)(C)C(=O)NN. The van der Waals surface area contributed by atoms with Gasteiger partial charge in [0.25, 0.3) is 0 Å². The van der Waals surface area contributed by atoms with E-state index in [1.54, 1.807) is 0 Å². The average molecular weight is 170 g/mol. The molecule has 1 atom stereocenters. The minimum Gasteiger partial charge on any atom is -0.294 e. The Morgan fingerprint density at radius 3 is 2.50 bits per heavy atom. The lowest BCUT2D eigenvalue weighted by Crippen LogP contribution is -2.40. The Kier molecular flexibility index (Phi) is 4.31. The molecule has 0 bridgehead atoms. The van der Waals surface area contributed by atoms with E-state index in [4.69, 9.17) is 5.84 Å². The summed E-state index contributed by atoms with van der Waals surface area (Å²) in [7, 11) is 0.881. The van der Waals surface area contributed by atoms with Crippen LogP contribution in [0.1, 0.15) is 34.1 Å². The summed E-state index contributed by atoms with van der Waals surface area (Å²) in [4.78, 5) is 11.2. The number of carbonyl (C=O) groups excluding carboxylic acids is 1. The monoisotopic (exact) mass is 170 g/mol. The van der Waals surface area contributed by atoms with Crippen molar-refractivity contribution in [3.8, 4) is 0 Å². The molecule has 4 heteroatoms. The van der Waals surface area contributed by atoms with E-state index < -0.39 is 0 Å². The van der Waals surface area contributed by atoms with Gasteiger partial charge in [0.05, 0.1) is 0 Å². The van der Waals surface area contributed by atoms with Crippen molar-refractivity contribution in [1.82, 2.24) is 5.43 Å². The number of hydrazine groups is 1. The van der Waals surface area contributed by atoms with E-state index >= 15 is 0 Å². The van der Waals surface area contributed by atoms with Gasteiger partial charge in [0, 0.05) is 5.31 Å². The van der Waals surface area contributed by atoms with Crippen molar-refractivity contribution in [1.29, 1.82) is 0 Å². The maximum absolute atomic E-state index is 11.2. The predicted molar refractivity (Wildman–Crippen MR) is 53.2 cm³/mol. The lowest BCUT2D eigenvalue weighted by atomic mass is 9.46. The van der Waals surface area contributed by atoms with E-state index in [9.17, 15) is 4.79 Å². The highest BCUT2D eigenvalue weighted by molar-refractivity contribution is 6.48. The Labute approximate surface area is 75.3 Å². The molecule has 0 aromatic heterocycles. The van der Waals surface area contributed by atoms with Crippen molar-refractivity contribution >= 4 is 13.2 Å². The lowest BCUT2D eigenvalue weighted by Gasteiger charge is -2.23. The Hall–Kier alpha value is -0.505. The summed E-state index contributed by atoms with van der Waals surface area (Å²) in [6, 6.07) is 0. The third kappa shape index (κ3) is 3.26. The second kappa shape index (κ2) is 4.50. The molecule has 0 saturated heterocycles. The van der Waals surface area contributed by atoms with Crippen molar-refractivity contribution in [2.45, 2.75) is 45.2 Å². The van der Waals surface area contributed by atoms with Crippen LogP contribution in [-0.2, 0) is 4.79 Å². The highest BCUT2D eigenvalue weighted by atomic mass is 16.2. The minimum absolute atomic E-state index is 0.0807. The fourth-order valence-electron chi connectivity index (χ4n) is 1.30. The summed E-state index contributed by atoms with van der Waals surface area (Å²) >= 11 is 0. The predicted octanol–water partition coefficient (Wildman–Crippen LogP) is 0.830. The van der Waals surface area contributed by atoms with E-state index in [0.717, 1.165) is 13.7 Å². The van der Waals surface area contributed by atoms with Crippen LogP contribution in [0.3, 0.4) is 0 Å². The number of nitrogens with two attached hydrogens (primary N) is 1. The maximum Gasteiger partial charge on any atom is 0.231 e. The molecule has 0 aliphatic rings. The number of carbonyl (C=O) groups is 1. The highest BCUT2D eigenvalue weighted by Crippen LogP contribution is 2.28. The first-order valence-electron chi connectivity index (χ1n) is 4.45. The van der Waals surface area contributed by atoms with Crippen LogP contribution in [0, 0.1) is 0 Å². The largest absolute Gasteiger partial charge is 0.294 e. The van der Waals surface area contributed by atoms with E-state index in [-0.39, 0.29) is 11.2 Å². The maximum atomic E-state index is 11.2. The normalized spacial score (nSPS) is 13.8. The molecular formula is C8H19BN2O. The number of rotatable bonds is 4. The summed E-state index contributed by atoms with van der Waals surface area (Å²) in [6.45, 7) is 8.11. The summed E-state index contributed by atoms with van der Waals surface area (Å²) in [5.41, 5.74) is 2.20. The number of hydrogen-bond donors (Lipinski definition) is 2. The van der Waals surface area contributed by atoms with E-state index in [2.05, 4.69) is 19.3 Å². The topological polar surface area (TPSA) is 55.1 Å². The molecule has 0 saturated carbocycles. The molecular weight excluding hydrogens is 151 g/mol. The second-order valence-corrected chi connectivity index (χ2v) is 4.07. The number of nitrogens with one attached hydrogen (secondary N) is 1. The van der Waals surface area contributed by atoms with Crippen LogP contribution in [0.4, 0.5) is 0 Å². The van der Waals surface area contributed by atoms with Crippen LogP contribution in [-0.4, -0.2) is 13.2 Å². The van der Waals surface area contributed by atoms with Crippen molar-refractivity contribution in [3.63, 3.8) is 0 Å². The first-order chi connectivity index (χ1) is 5.44. The molecule has 0 aliphatic carbocycles. The van der Waals surface area contributed by atoms with Crippen molar-refractivity contribution in [2.24, 2.45) is 5.84 Å². The smallest absolute Gasteiger partial charge is 0.231 e. The molecule has 12 heavy (non-hydrogen) atoms. The Balaban J connectivity index is 4.11. The summed E-state index contributed by atoms with van der Waals surface area (Å²) in [6.07, 6.45) is 1.10. The van der Waals surface area contributed by atoms with Gasteiger partial charge in [-0.15, -0.1) is 0 Å². The molecule has 0 aliphatic heterocycles. The standard InChI is InChI=1S/C8H19BN2O/c1-5-6(2)9-8(3,4)7(12)11-10/h6,9H,5,10H2,1-4H3,(H,11,12). The van der Waals surface area contributed by atoms with Gasteiger partial charge in [-0.05, 0) is 0 Å². The van der Waals surface area contributed by atoms with Crippen LogP contribution in [0.5, 0.6) is 0 Å². The molecule has 0 spiro atoms. The molecule has 0 heterocycles. The van der Waals surface area contributed by atoms with Gasteiger partial charge >= 0.3 is 0 Å². The summed E-state index contributed by atoms with van der Waals surface area (Å²) in [5, 5.41) is -0.343. The second-order valence-electron chi connectivity index (χ2n) is 4.07. The first-order valence-corrected chi connectivity index (χ1v) is 4.45. The van der Waals surface area contributed by atoms with Gasteiger partial charge < -0.3 is 0 Å². The van der Waals surface area contributed by atoms with Gasteiger partial charge in [-0.3, -0.25) is 10.2 Å². The molecule has 1 amide bonds. The Bertz CT molecular complexity index is 159. The quantitative estimate of drug-likeness (QED) is 0.284. The van der Waals surface area contributed by atoms with E-state index in [1.807, 2.05) is 13.8 Å². The van der Waals surface area contributed by atoms with Crippen LogP contribution in [0.15, 0.2) is 0 Å². The summed E-state index contributed by atoms with van der Waals surface area (Å²) in [5.74, 6) is 5.56. The van der Waals surface area contributed by atoms with E-state index in [0.29, 0.717) is 5.82 Å².